The summed E-state index contributed by atoms with van der Waals surface area (Å²) in [6.07, 6.45) is 0. The number of nitro benzene ring substituents is 1. The van der Waals surface area contributed by atoms with E-state index in [1.54, 1.807) is 6.92 Å². The van der Waals surface area contributed by atoms with Crippen molar-refractivity contribution in [2.45, 2.75) is 6.92 Å². The molecular formula is C8H7ClN2O3. The summed E-state index contributed by atoms with van der Waals surface area (Å²) in [6, 6.07) is 3.96. The second-order valence-electron chi connectivity index (χ2n) is 2.61. The first-order chi connectivity index (χ1) is 6.56. The molecule has 0 bridgehead atoms. The topological polar surface area (TPSA) is 75.7 Å². The molecule has 1 aromatic rings. The summed E-state index contributed by atoms with van der Waals surface area (Å²) in [5, 5.41) is 22.0. The second kappa shape index (κ2) is 4.06. The molecule has 0 fully saturated rings. The Labute approximate surface area is 84.8 Å². The molecule has 14 heavy (non-hydrogen) atoms. The van der Waals surface area contributed by atoms with E-state index in [0.717, 1.165) is 0 Å². The van der Waals surface area contributed by atoms with Crippen molar-refractivity contribution in [3.8, 4) is 0 Å². The molecule has 0 atom stereocenters. The third kappa shape index (κ3) is 2.00. The van der Waals surface area contributed by atoms with Crippen LogP contribution in [0.2, 0.25) is 5.02 Å². The van der Waals surface area contributed by atoms with Crippen LogP contribution in [0.25, 0.3) is 0 Å². The van der Waals surface area contributed by atoms with Crippen LogP contribution in [0.1, 0.15) is 12.5 Å². The van der Waals surface area contributed by atoms with Crippen LogP contribution in [-0.2, 0) is 0 Å². The van der Waals surface area contributed by atoms with Gasteiger partial charge in [-0.25, -0.2) is 0 Å². The average Bonchev–Trinajstić information content (AvgIpc) is 2.16. The summed E-state index contributed by atoms with van der Waals surface area (Å²) in [5.41, 5.74) is 0.689. The average molecular weight is 215 g/mol. The SMILES string of the molecule is CC(=NO)c1ccc([N+](=O)[O-])cc1Cl. The van der Waals surface area contributed by atoms with Gasteiger partial charge in [0, 0.05) is 17.7 Å². The van der Waals surface area contributed by atoms with E-state index in [2.05, 4.69) is 5.16 Å². The third-order valence-corrected chi connectivity index (χ3v) is 2.02. The van der Waals surface area contributed by atoms with Gasteiger partial charge in [0.25, 0.3) is 5.69 Å². The van der Waals surface area contributed by atoms with Crippen LogP contribution in [0.15, 0.2) is 23.4 Å². The number of hydrogen-bond acceptors (Lipinski definition) is 4. The van der Waals surface area contributed by atoms with Crippen molar-refractivity contribution < 1.29 is 10.1 Å². The van der Waals surface area contributed by atoms with E-state index in [1.807, 2.05) is 0 Å². The van der Waals surface area contributed by atoms with Crippen molar-refractivity contribution in [2.24, 2.45) is 5.16 Å². The van der Waals surface area contributed by atoms with Gasteiger partial charge < -0.3 is 5.21 Å². The molecule has 1 aromatic carbocycles. The van der Waals surface area contributed by atoms with Crippen LogP contribution in [0.3, 0.4) is 0 Å². The standard InChI is InChI=1S/C8H7ClN2O3/c1-5(10-12)7-3-2-6(11(13)14)4-8(7)9/h2-4,12H,1H3. The first-order valence-electron chi connectivity index (χ1n) is 3.69. The molecule has 0 aliphatic carbocycles. The molecule has 0 unspecified atom stereocenters. The number of benzene rings is 1. The summed E-state index contributed by atoms with van der Waals surface area (Å²) in [5.74, 6) is 0. The zero-order chi connectivity index (χ0) is 10.7. The number of halogens is 1. The number of nitro groups is 1. The van der Waals surface area contributed by atoms with Gasteiger partial charge in [0.15, 0.2) is 0 Å². The van der Waals surface area contributed by atoms with Gasteiger partial charge in [0.1, 0.15) is 0 Å². The Bertz CT molecular complexity index is 404. The molecule has 0 amide bonds. The van der Waals surface area contributed by atoms with Crippen molar-refractivity contribution in [1.29, 1.82) is 0 Å². The van der Waals surface area contributed by atoms with Crippen LogP contribution in [-0.4, -0.2) is 15.8 Å². The highest BCUT2D eigenvalue weighted by Crippen LogP contribution is 2.22. The summed E-state index contributed by atoms with van der Waals surface area (Å²) in [7, 11) is 0. The highest BCUT2D eigenvalue weighted by Gasteiger charge is 2.10. The first-order valence-corrected chi connectivity index (χ1v) is 4.07. The quantitative estimate of drug-likeness (QED) is 0.356. The number of oxime groups is 1. The number of nitrogens with zero attached hydrogens (tertiary/aromatic N) is 2. The van der Waals surface area contributed by atoms with E-state index in [9.17, 15) is 10.1 Å². The first kappa shape index (κ1) is 10.5. The molecule has 0 aromatic heterocycles. The van der Waals surface area contributed by atoms with Gasteiger partial charge in [-0.1, -0.05) is 16.8 Å². The van der Waals surface area contributed by atoms with Gasteiger partial charge in [-0.3, -0.25) is 10.1 Å². The molecular weight excluding hydrogens is 208 g/mol. The van der Waals surface area contributed by atoms with Crippen molar-refractivity contribution in [2.75, 3.05) is 0 Å². The molecule has 0 saturated carbocycles. The van der Waals surface area contributed by atoms with Gasteiger partial charge >= 0.3 is 0 Å². The molecule has 1 rings (SSSR count). The highest BCUT2D eigenvalue weighted by molar-refractivity contribution is 6.34. The van der Waals surface area contributed by atoms with E-state index < -0.39 is 4.92 Å². The zero-order valence-corrected chi connectivity index (χ0v) is 8.02. The monoisotopic (exact) mass is 214 g/mol. The molecule has 0 aliphatic rings. The lowest BCUT2D eigenvalue weighted by Gasteiger charge is -2.00. The minimum atomic E-state index is -0.541. The molecule has 0 spiro atoms. The van der Waals surface area contributed by atoms with Crippen molar-refractivity contribution in [3.63, 3.8) is 0 Å². The smallest absolute Gasteiger partial charge is 0.270 e. The minimum Gasteiger partial charge on any atom is -0.411 e. The Morgan fingerprint density at radius 2 is 2.29 bits per heavy atom. The Balaban J connectivity index is 3.20. The molecule has 0 saturated heterocycles. The lowest BCUT2D eigenvalue weighted by atomic mass is 10.1. The normalized spacial score (nSPS) is 11.4. The molecule has 0 heterocycles. The van der Waals surface area contributed by atoms with Crippen molar-refractivity contribution in [3.05, 3.63) is 38.9 Å². The van der Waals surface area contributed by atoms with E-state index in [4.69, 9.17) is 16.8 Å². The summed E-state index contributed by atoms with van der Waals surface area (Å²) in [6.45, 7) is 1.55. The van der Waals surface area contributed by atoms with E-state index >= 15 is 0 Å². The molecule has 1 N–H and O–H groups in total. The molecule has 6 heteroatoms. The van der Waals surface area contributed by atoms with Gasteiger partial charge in [0.2, 0.25) is 0 Å². The van der Waals surface area contributed by atoms with E-state index in [-0.39, 0.29) is 10.7 Å². The fourth-order valence-electron chi connectivity index (χ4n) is 0.965. The van der Waals surface area contributed by atoms with Crippen LogP contribution >= 0.6 is 11.6 Å². The second-order valence-corrected chi connectivity index (χ2v) is 3.01. The summed E-state index contributed by atoms with van der Waals surface area (Å²) < 4.78 is 0. The predicted molar refractivity (Wildman–Crippen MR) is 52.1 cm³/mol. The Morgan fingerprint density at radius 1 is 1.64 bits per heavy atom. The van der Waals surface area contributed by atoms with Crippen LogP contribution < -0.4 is 0 Å². The lowest BCUT2D eigenvalue weighted by Crippen LogP contribution is -1.97. The maximum Gasteiger partial charge on any atom is 0.270 e. The Hall–Kier alpha value is -1.62. The Kier molecular flexibility index (Phi) is 3.03. The zero-order valence-electron chi connectivity index (χ0n) is 7.27. The molecule has 0 aliphatic heterocycles. The van der Waals surface area contributed by atoms with Crippen LogP contribution in [0.4, 0.5) is 5.69 Å². The Morgan fingerprint density at radius 3 is 2.71 bits per heavy atom. The van der Waals surface area contributed by atoms with Crippen LogP contribution in [0.5, 0.6) is 0 Å². The van der Waals surface area contributed by atoms with Crippen LogP contribution in [0, 0.1) is 10.1 Å². The van der Waals surface area contributed by atoms with E-state index in [0.29, 0.717) is 11.3 Å². The fourth-order valence-corrected chi connectivity index (χ4v) is 1.28. The fraction of sp³-hybridized carbons (Fsp3) is 0.125. The van der Waals surface area contributed by atoms with Gasteiger partial charge in [-0.05, 0) is 13.0 Å². The van der Waals surface area contributed by atoms with Gasteiger partial charge in [-0.2, -0.15) is 0 Å². The largest absolute Gasteiger partial charge is 0.411 e. The predicted octanol–water partition coefficient (Wildman–Crippen LogP) is 2.45. The lowest BCUT2D eigenvalue weighted by molar-refractivity contribution is -0.384. The highest BCUT2D eigenvalue weighted by atomic mass is 35.5. The molecule has 5 nitrogen and oxygen atoms in total. The van der Waals surface area contributed by atoms with Gasteiger partial charge in [0.05, 0.1) is 15.7 Å². The third-order valence-electron chi connectivity index (χ3n) is 1.70. The van der Waals surface area contributed by atoms with E-state index in [1.165, 1.54) is 18.2 Å². The maximum absolute atomic E-state index is 10.4. The van der Waals surface area contributed by atoms with Crippen molar-refractivity contribution >= 4 is 23.0 Å². The van der Waals surface area contributed by atoms with Gasteiger partial charge in [-0.15, -0.1) is 0 Å². The summed E-state index contributed by atoms with van der Waals surface area (Å²) >= 11 is 5.75. The number of hydrogen-bond donors (Lipinski definition) is 1. The number of rotatable bonds is 2. The number of non-ortho nitro benzene ring substituents is 1. The molecule has 0 radical (unpaired) electrons. The summed E-state index contributed by atoms with van der Waals surface area (Å²) in [4.78, 5) is 9.83. The molecule has 74 valence electrons. The maximum atomic E-state index is 10.4. The van der Waals surface area contributed by atoms with Crippen molar-refractivity contribution in [1.82, 2.24) is 0 Å². The minimum absolute atomic E-state index is 0.0931.